The van der Waals surface area contributed by atoms with Gasteiger partial charge >= 0.3 is 0 Å². The van der Waals surface area contributed by atoms with E-state index < -0.39 is 0 Å². The number of aryl methyl sites for hydroxylation is 1. The molecular formula is C10H11ClN2. The molecule has 0 saturated heterocycles. The number of fused-ring (bicyclic) bond motifs is 1. The molecule has 1 aromatic carbocycles. The highest BCUT2D eigenvalue weighted by atomic mass is 35.5. The van der Waals surface area contributed by atoms with Gasteiger partial charge in [0, 0.05) is 31.2 Å². The largest absolute Gasteiger partial charge is 0.387 e. The van der Waals surface area contributed by atoms with E-state index in [1.165, 1.54) is 5.39 Å². The molecule has 2 rings (SSSR count). The van der Waals surface area contributed by atoms with Crippen LogP contribution in [-0.2, 0) is 7.05 Å². The summed E-state index contributed by atoms with van der Waals surface area (Å²) in [5.41, 5.74) is 2.13. The minimum atomic E-state index is 0.761. The summed E-state index contributed by atoms with van der Waals surface area (Å²) < 4.78 is 2.06. The summed E-state index contributed by atoms with van der Waals surface area (Å²) in [7, 11) is 3.88. The number of hydrogen-bond donors (Lipinski definition) is 1. The topological polar surface area (TPSA) is 17.0 Å². The van der Waals surface area contributed by atoms with E-state index >= 15 is 0 Å². The van der Waals surface area contributed by atoms with Gasteiger partial charge in [-0.3, -0.25) is 0 Å². The van der Waals surface area contributed by atoms with Gasteiger partial charge < -0.3 is 9.88 Å². The molecule has 0 atom stereocenters. The van der Waals surface area contributed by atoms with Crippen molar-refractivity contribution in [1.82, 2.24) is 4.57 Å². The molecule has 13 heavy (non-hydrogen) atoms. The van der Waals surface area contributed by atoms with Crippen molar-refractivity contribution in [3.8, 4) is 0 Å². The fourth-order valence-corrected chi connectivity index (χ4v) is 1.73. The highest BCUT2D eigenvalue weighted by Crippen LogP contribution is 2.27. The van der Waals surface area contributed by atoms with Gasteiger partial charge in [0.15, 0.2) is 0 Å². The molecular weight excluding hydrogens is 184 g/mol. The Kier molecular flexibility index (Phi) is 1.93. The van der Waals surface area contributed by atoms with Crippen LogP contribution in [0.5, 0.6) is 0 Å². The van der Waals surface area contributed by atoms with Crippen LogP contribution in [0.2, 0.25) is 5.02 Å². The summed E-state index contributed by atoms with van der Waals surface area (Å²) >= 11 is 6.06. The molecule has 0 saturated carbocycles. The first-order valence-corrected chi connectivity index (χ1v) is 4.52. The van der Waals surface area contributed by atoms with E-state index in [-0.39, 0.29) is 0 Å². The molecule has 0 bridgehead atoms. The van der Waals surface area contributed by atoms with Gasteiger partial charge in [0.2, 0.25) is 0 Å². The first-order chi connectivity index (χ1) is 6.22. The van der Waals surface area contributed by atoms with Gasteiger partial charge in [-0.1, -0.05) is 11.6 Å². The summed E-state index contributed by atoms with van der Waals surface area (Å²) in [4.78, 5) is 0. The first-order valence-electron chi connectivity index (χ1n) is 4.14. The Morgan fingerprint density at radius 3 is 2.85 bits per heavy atom. The summed E-state index contributed by atoms with van der Waals surface area (Å²) in [5, 5.41) is 5.02. The van der Waals surface area contributed by atoms with Crippen LogP contribution in [-0.4, -0.2) is 11.6 Å². The quantitative estimate of drug-likeness (QED) is 0.739. The van der Waals surface area contributed by atoms with Gasteiger partial charge in [0.25, 0.3) is 0 Å². The first kappa shape index (κ1) is 8.45. The van der Waals surface area contributed by atoms with Crippen molar-refractivity contribution in [2.75, 3.05) is 12.4 Å². The molecule has 2 nitrogen and oxygen atoms in total. The van der Waals surface area contributed by atoms with Crippen molar-refractivity contribution in [3.05, 3.63) is 29.4 Å². The third-order valence-corrected chi connectivity index (χ3v) is 2.56. The molecule has 0 unspecified atom stereocenters. The lowest BCUT2D eigenvalue weighted by atomic mass is 10.2. The van der Waals surface area contributed by atoms with Gasteiger partial charge in [-0.25, -0.2) is 0 Å². The lowest BCUT2D eigenvalue weighted by molar-refractivity contribution is 0.969. The number of nitrogens with zero attached hydrogens (tertiary/aromatic N) is 1. The lowest BCUT2D eigenvalue weighted by Gasteiger charge is -2.04. The number of anilines is 1. The van der Waals surface area contributed by atoms with Gasteiger partial charge in [0.1, 0.15) is 0 Å². The maximum Gasteiger partial charge on any atom is 0.0658 e. The van der Waals surface area contributed by atoms with Crippen LogP contribution in [0.3, 0.4) is 0 Å². The Labute approximate surface area is 82.1 Å². The van der Waals surface area contributed by atoms with E-state index in [0.717, 1.165) is 16.2 Å². The molecule has 0 aliphatic rings. The molecule has 68 valence electrons. The molecule has 2 aromatic rings. The van der Waals surface area contributed by atoms with Crippen LogP contribution >= 0.6 is 11.6 Å². The van der Waals surface area contributed by atoms with Gasteiger partial charge in [-0.15, -0.1) is 0 Å². The highest BCUT2D eigenvalue weighted by molar-refractivity contribution is 6.34. The monoisotopic (exact) mass is 194 g/mol. The predicted octanol–water partition coefficient (Wildman–Crippen LogP) is 2.87. The number of halogens is 1. The van der Waals surface area contributed by atoms with E-state index in [9.17, 15) is 0 Å². The minimum Gasteiger partial charge on any atom is -0.387 e. The second kappa shape index (κ2) is 2.96. The van der Waals surface area contributed by atoms with Crippen LogP contribution < -0.4 is 5.32 Å². The lowest BCUT2D eigenvalue weighted by Crippen LogP contribution is -1.90. The number of rotatable bonds is 1. The molecule has 0 fully saturated rings. The zero-order valence-corrected chi connectivity index (χ0v) is 8.39. The van der Waals surface area contributed by atoms with Crippen molar-refractivity contribution in [2.24, 2.45) is 7.05 Å². The summed E-state index contributed by atoms with van der Waals surface area (Å²) in [6.45, 7) is 0. The molecule has 1 heterocycles. The summed E-state index contributed by atoms with van der Waals surface area (Å²) in [6.07, 6.45) is 2.03. The van der Waals surface area contributed by atoms with Gasteiger partial charge in [-0.2, -0.15) is 0 Å². The van der Waals surface area contributed by atoms with Crippen LogP contribution in [0.4, 0.5) is 5.69 Å². The average molecular weight is 195 g/mol. The molecule has 0 amide bonds. The third kappa shape index (κ3) is 1.27. The van der Waals surface area contributed by atoms with E-state index in [0.29, 0.717) is 0 Å². The molecule has 1 aromatic heterocycles. The van der Waals surface area contributed by atoms with Crippen LogP contribution in [0, 0.1) is 0 Å². The number of hydrogen-bond acceptors (Lipinski definition) is 1. The number of benzene rings is 1. The van der Waals surface area contributed by atoms with Crippen LogP contribution in [0.1, 0.15) is 0 Å². The fraction of sp³-hybridized carbons (Fsp3) is 0.200. The number of aromatic nitrogens is 1. The zero-order valence-electron chi connectivity index (χ0n) is 7.63. The standard InChI is InChI=1S/C10H11ClN2/c1-12-9-5-7-3-4-13(2)10(7)6-8(9)11/h3-6,12H,1-2H3. The van der Waals surface area contributed by atoms with E-state index in [1.54, 1.807) is 0 Å². The second-order valence-electron chi connectivity index (χ2n) is 3.07. The van der Waals surface area contributed by atoms with Crippen molar-refractivity contribution in [2.45, 2.75) is 0 Å². The molecule has 0 aliphatic carbocycles. The Balaban J connectivity index is 2.76. The van der Waals surface area contributed by atoms with Crippen molar-refractivity contribution in [3.63, 3.8) is 0 Å². The minimum absolute atomic E-state index is 0.761. The predicted molar refractivity (Wildman–Crippen MR) is 57.5 cm³/mol. The summed E-state index contributed by atoms with van der Waals surface area (Å²) in [6, 6.07) is 6.10. The SMILES string of the molecule is CNc1cc2ccn(C)c2cc1Cl. The van der Waals surface area contributed by atoms with E-state index in [2.05, 4.69) is 22.0 Å². The maximum atomic E-state index is 6.06. The Hall–Kier alpha value is -1.15. The zero-order chi connectivity index (χ0) is 9.42. The highest BCUT2D eigenvalue weighted by Gasteiger charge is 2.03. The van der Waals surface area contributed by atoms with Crippen molar-refractivity contribution >= 4 is 28.2 Å². The molecule has 0 radical (unpaired) electrons. The molecule has 0 aliphatic heterocycles. The van der Waals surface area contributed by atoms with Gasteiger partial charge in [0.05, 0.1) is 10.7 Å². The molecule has 0 spiro atoms. The Morgan fingerprint density at radius 2 is 2.15 bits per heavy atom. The second-order valence-corrected chi connectivity index (χ2v) is 3.47. The number of nitrogens with one attached hydrogen (secondary N) is 1. The normalized spacial score (nSPS) is 10.7. The maximum absolute atomic E-state index is 6.06. The Morgan fingerprint density at radius 1 is 1.38 bits per heavy atom. The van der Waals surface area contributed by atoms with E-state index in [4.69, 9.17) is 11.6 Å². The third-order valence-electron chi connectivity index (χ3n) is 2.24. The summed E-state index contributed by atoms with van der Waals surface area (Å²) in [5.74, 6) is 0. The smallest absolute Gasteiger partial charge is 0.0658 e. The van der Waals surface area contributed by atoms with Gasteiger partial charge in [-0.05, 0) is 18.2 Å². The van der Waals surface area contributed by atoms with Crippen LogP contribution in [0.15, 0.2) is 24.4 Å². The Bertz CT molecular complexity index is 445. The van der Waals surface area contributed by atoms with Crippen molar-refractivity contribution in [1.29, 1.82) is 0 Å². The fourth-order valence-electron chi connectivity index (χ4n) is 1.48. The van der Waals surface area contributed by atoms with E-state index in [1.807, 2.05) is 26.4 Å². The molecule has 3 heteroatoms. The molecule has 1 N–H and O–H groups in total. The van der Waals surface area contributed by atoms with Crippen LogP contribution in [0.25, 0.3) is 10.9 Å². The van der Waals surface area contributed by atoms with Crippen molar-refractivity contribution < 1.29 is 0 Å². The average Bonchev–Trinajstić information content (AvgIpc) is 2.47.